The van der Waals surface area contributed by atoms with Crippen molar-refractivity contribution in [1.82, 2.24) is 19.5 Å². The fraction of sp³-hybridized carbons (Fsp3) is 0.583. The van der Waals surface area contributed by atoms with Crippen LogP contribution in [0.5, 0.6) is 0 Å². The topological polar surface area (TPSA) is 233 Å². The van der Waals surface area contributed by atoms with Crippen molar-refractivity contribution in [3.63, 3.8) is 0 Å². The Kier molecular flexibility index (Phi) is 5.84. The first-order valence-corrected chi connectivity index (χ1v) is 11.0. The van der Waals surface area contributed by atoms with E-state index in [1.165, 1.54) is 24.1 Å². The molecule has 0 aliphatic carbocycles. The molecule has 1 saturated heterocycles. The Labute approximate surface area is 162 Å². The molecule has 1 aliphatic rings. The second kappa shape index (κ2) is 7.63. The Morgan fingerprint density at radius 2 is 2.03 bits per heavy atom. The van der Waals surface area contributed by atoms with Crippen LogP contribution in [0.2, 0.25) is 0 Å². The van der Waals surface area contributed by atoms with Crippen LogP contribution in [0.25, 0.3) is 11.2 Å². The number of rotatable bonds is 6. The molecule has 1 aliphatic heterocycles. The first kappa shape index (κ1) is 22.2. The summed E-state index contributed by atoms with van der Waals surface area (Å²) in [5, 5.41) is 20.9. The number of nitrogens with zero attached hydrogens (tertiary/aromatic N) is 4. The van der Waals surface area contributed by atoms with Crippen LogP contribution in [-0.4, -0.2) is 68.8 Å². The highest BCUT2D eigenvalue weighted by atomic mass is 31.3. The standard InChI is InChI=1S/C12H19N5O10P2/c1-12(19)2-6(18)7(3-25-29(23,24)27-28(20,21)22)26-11(12)17-5-16-8-9(13)14-4-15-10(8)17/h4-7,11,18-19H,2-3H2,1H3,(H,23,24)(H2,13,14,15)(H2,20,21,22)/t6-,7-,11-,12?/m1/s1. The van der Waals surface area contributed by atoms with E-state index < -0.39 is 46.3 Å². The molecule has 1 fully saturated rings. The summed E-state index contributed by atoms with van der Waals surface area (Å²) < 4.78 is 37.5. The number of aliphatic hydroxyl groups excluding tert-OH is 1. The van der Waals surface area contributed by atoms with Gasteiger partial charge < -0.3 is 35.4 Å². The Morgan fingerprint density at radius 3 is 2.69 bits per heavy atom. The molecule has 0 spiro atoms. The van der Waals surface area contributed by atoms with Crippen molar-refractivity contribution < 1.29 is 47.6 Å². The Bertz CT molecular complexity index is 993. The zero-order valence-electron chi connectivity index (χ0n) is 14.8. The summed E-state index contributed by atoms with van der Waals surface area (Å²) in [6.45, 7) is 0.619. The molecule has 0 bridgehead atoms. The molecule has 0 aromatic carbocycles. The second-order valence-corrected chi connectivity index (χ2v) is 9.40. The van der Waals surface area contributed by atoms with Gasteiger partial charge in [-0.25, -0.2) is 24.1 Å². The maximum atomic E-state index is 11.6. The fourth-order valence-electron chi connectivity index (χ4n) is 2.94. The molecule has 0 amide bonds. The predicted octanol–water partition coefficient (Wildman–Crippen LogP) is -0.966. The average molecular weight is 455 g/mol. The molecule has 162 valence electrons. The van der Waals surface area contributed by atoms with Crippen LogP contribution in [-0.2, 0) is 22.7 Å². The third-order valence-electron chi connectivity index (χ3n) is 4.14. The Hall–Kier alpha value is -1.51. The van der Waals surface area contributed by atoms with Gasteiger partial charge in [0.25, 0.3) is 0 Å². The molecule has 15 nitrogen and oxygen atoms in total. The average Bonchev–Trinajstić information content (AvgIpc) is 2.96. The van der Waals surface area contributed by atoms with Gasteiger partial charge in [0.1, 0.15) is 23.5 Å². The number of fused-ring (bicyclic) bond motifs is 1. The molecule has 5 atom stereocenters. The fourth-order valence-corrected chi connectivity index (χ4v) is 4.54. The van der Waals surface area contributed by atoms with E-state index in [0.29, 0.717) is 0 Å². The van der Waals surface area contributed by atoms with Crippen LogP contribution >= 0.6 is 15.6 Å². The van der Waals surface area contributed by atoms with Gasteiger partial charge in [-0.3, -0.25) is 9.09 Å². The maximum absolute atomic E-state index is 11.6. The van der Waals surface area contributed by atoms with Crippen LogP contribution in [0.1, 0.15) is 19.6 Å². The number of nitrogens with two attached hydrogens (primary N) is 1. The first-order valence-electron chi connectivity index (χ1n) is 8.02. The van der Waals surface area contributed by atoms with E-state index in [1.807, 2.05) is 0 Å². The highest BCUT2D eigenvalue weighted by Crippen LogP contribution is 2.57. The Balaban J connectivity index is 1.82. The van der Waals surface area contributed by atoms with Crippen LogP contribution in [0.15, 0.2) is 12.7 Å². The lowest BCUT2D eigenvalue weighted by Gasteiger charge is -2.43. The molecule has 2 aromatic heterocycles. The van der Waals surface area contributed by atoms with Gasteiger partial charge in [-0.2, -0.15) is 4.31 Å². The van der Waals surface area contributed by atoms with E-state index in [0.717, 1.165) is 0 Å². The number of hydrogen-bond acceptors (Lipinski definition) is 11. The minimum atomic E-state index is -5.30. The normalized spacial score (nSPS) is 30.3. The highest BCUT2D eigenvalue weighted by Gasteiger charge is 2.47. The molecule has 2 unspecified atom stereocenters. The zero-order chi connectivity index (χ0) is 21.6. The highest BCUT2D eigenvalue weighted by molar-refractivity contribution is 7.60. The zero-order valence-corrected chi connectivity index (χ0v) is 16.6. The largest absolute Gasteiger partial charge is 0.481 e. The summed E-state index contributed by atoms with van der Waals surface area (Å²) in [4.78, 5) is 38.6. The molecule has 0 saturated carbocycles. The van der Waals surface area contributed by atoms with Crippen LogP contribution in [0.4, 0.5) is 5.82 Å². The molecule has 3 rings (SSSR count). The lowest BCUT2D eigenvalue weighted by Crippen LogP contribution is -2.52. The Morgan fingerprint density at radius 1 is 1.34 bits per heavy atom. The minimum Gasteiger partial charge on any atom is -0.390 e. The van der Waals surface area contributed by atoms with Crippen molar-refractivity contribution in [1.29, 1.82) is 0 Å². The number of imidazole rings is 1. The van der Waals surface area contributed by atoms with Crippen LogP contribution < -0.4 is 5.73 Å². The van der Waals surface area contributed by atoms with Crippen molar-refractivity contribution in [2.75, 3.05) is 12.3 Å². The van der Waals surface area contributed by atoms with Gasteiger partial charge >= 0.3 is 15.6 Å². The number of hydrogen-bond donors (Lipinski definition) is 6. The lowest BCUT2D eigenvalue weighted by molar-refractivity contribution is -0.242. The molecule has 2 aromatic rings. The number of phosphoric ester groups is 1. The maximum Gasteiger partial charge on any atom is 0.481 e. The van der Waals surface area contributed by atoms with Crippen LogP contribution in [0.3, 0.4) is 0 Å². The molecule has 29 heavy (non-hydrogen) atoms. The quantitative estimate of drug-likeness (QED) is 0.288. The van der Waals surface area contributed by atoms with Gasteiger partial charge in [0.2, 0.25) is 0 Å². The second-order valence-electron chi connectivity index (χ2n) is 6.58. The van der Waals surface area contributed by atoms with Crippen molar-refractivity contribution >= 4 is 32.6 Å². The van der Waals surface area contributed by atoms with E-state index in [-0.39, 0.29) is 23.4 Å². The van der Waals surface area contributed by atoms with Crippen LogP contribution in [0, 0.1) is 0 Å². The number of ether oxygens (including phenoxy) is 1. The summed E-state index contributed by atoms with van der Waals surface area (Å²) >= 11 is 0. The van der Waals surface area contributed by atoms with Crippen molar-refractivity contribution in [3.05, 3.63) is 12.7 Å². The van der Waals surface area contributed by atoms with E-state index in [2.05, 4.69) is 23.8 Å². The van der Waals surface area contributed by atoms with Gasteiger partial charge in [-0.05, 0) is 6.92 Å². The number of anilines is 1. The summed E-state index contributed by atoms with van der Waals surface area (Å²) in [5.74, 6) is 0.0972. The van der Waals surface area contributed by atoms with Gasteiger partial charge in [-0.1, -0.05) is 0 Å². The summed E-state index contributed by atoms with van der Waals surface area (Å²) in [6, 6.07) is 0. The third kappa shape index (κ3) is 4.98. The molecule has 0 radical (unpaired) electrons. The van der Waals surface area contributed by atoms with Gasteiger partial charge in [-0.15, -0.1) is 0 Å². The molecule has 3 heterocycles. The van der Waals surface area contributed by atoms with Crippen molar-refractivity contribution in [3.8, 4) is 0 Å². The smallest absolute Gasteiger partial charge is 0.390 e. The van der Waals surface area contributed by atoms with Gasteiger partial charge in [0.05, 0.1) is 19.0 Å². The molecule has 17 heteroatoms. The third-order valence-corrected chi connectivity index (χ3v) is 6.29. The first-order chi connectivity index (χ1) is 13.3. The summed E-state index contributed by atoms with van der Waals surface area (Å²) in [7, 11) is -10.4. The SMILES string of the molecule is CC1(O)C[C@@H](O)[C@@H](COP(=O)(O)OP(=O)(O)O)O[C@H]1n1cnc2c(N)ncnc21. The van der Waals surface area contributed by atoms with Gasteiger partial charge in [0.15, 0.2) is 17.7 Å². The number of phosphoric acid groups is 2. The predicted molar refractivity (Wildman–Crippen MR) is 93.8 cm³/mol. The molecule has 7 N–H and O–H groups in total. The van der Waals surface area contributed by atoms with E-state index in [1.54, 1.807) is 0 Å². The monoisotopic (exact) mass is 455 g/mol. The summed E-state index contributed by atoms with van der Waals surface area (Å²) in [6.07, 6.45) is -1.54. The summed E-state index contributed by atoms with van der Waals surface area (Å²) in [5.41, 5.74) is 4.60. The van der Waals surface area contributed by atoms with Crippen molar-refractivity contribution in [2.24, 2.45) is 0 Å². The number of aromatic nitrogens is 4. The minimum absolute atomic E-state index is 0.0972. The lowest BCUT2D eigenvalue weighted by atomic mass is 9.90. The van der Waals surface area contributed by atoms with E-state index >= 15 is 0 Å². The number of aliphatic hydroxyl groups is 2. The van der Waals surface area contributed by atoms with Crippen molar-refractivity contribution in [2.45, 2.75) is 37.4 Å². The molecular weight excluding hydrogens is 436 g/mol. The number of nitrogen functional groups attached to an aromatic ring is 1. The molecular formula is C12H19N5O10P2. The van der Waals surface area contributed by atoms with E-state index in [9.17, 15) is 24.2 Å². The van der Waals surface area contributed by atoms with E-state index in [4.69, 9.17) is 20.3 Å². The van der Waals surface area contributed by atoms with Gasteiger partial charge in [0, 0.05) is 6.42 Å².